The predicted octanol–water partition coefficient (Wildman–Crippen LogP) is 1.06. The van der Waals surface area contributed by atoms with E-state index in [0.717, 1.165) is 38.0 Å². The van der Waals surface area contributed by atoms with Gasteiger partial charge >= 0.3 is 5.97 Å². The minimum atomic E-state index is -0.102. The zero-order valence-corrected chi connectivity index (χ0v) is 9.39. The summed E-state index contributed by atoms with van der Waals surface area (Å²) < 4.78 is 9.56. The van der Waals surface area contributed by atoms with Crippen molar-refractivity contribution in [2.75, 3.05) is 20.2 Å². The van der Waals surface area contributed by atoms with E-state index in [-0.39, 0.29) is 11.9 Å². The smallest absolute Gasteiger partial charge is 0.309 e. The summed E-state index contributed by atoms with van der Waals surface area (Å²) in [5, 5.41) is 3.66. The highest BCUT2D eigenvalue weighted by molar-refractivity contribution is 5.72. The van der Waals surface area contributed by atoms with Crippen LogP contribution in [0.15, 0.2) is 17.0 Å². The number of likely N-dealkylation sites (tertiary alicyclic amines) is 1. The first-order valence-corrected chi connectivity index (χ1v) is 5.48. The van der Waals surface area contributed by atoms with Gasteiger partial charge < -0.3 is 9.26 Å². The first-order chi connectivity index (χ1) is 7.79. The Hall–Kier alpha value is -1.36. The Morgan fingerprint density at radius 2 is 2.62 bits per heavy atom. The zero-order chi connectivity index (χ0) is 11.4. The molecule has 1 aliphatic rings. The number of carbonyl (C=O) groups excluding carboxylic acids is 1. The van der Waals surface area contributed by atoms with Crippen LogP contribution in [0.3, 0.4) is 0 Å². The fourth-order valence-electron chi connectivity index (χ4n) is 2.12. The Labute approximate surface area is 94.3 Å². The largest absolute Gasteiger partial charge is 0.469 e. The number of nitrogens with zero attached hydrogens (tertiary/aromatic N) is 2. The van der Waals surface area contributed by atoms with E-state index >= 15 is 0 Å². The van der Waals surface area contributed by atoms with Gasteiger partial charge in [0.25, 0.3) is 0 Å². The number of piperidine rings is 1. The van der Waals surface area contributed by atoms with Crippen LogP contribution in [-0.4, -0.2) is 36.2 Å². The third-order valence-electron chi connectivity index (χ3n) is 2.93. The number of rotatable bonds is 3. The van der Waals surface area contributed by atoms with Gasteiger partial charge in [0, 0.05) is 18.7 Å². The van der Waals surface area contributed by atoms with Crippen molar-refractivity contribution in [3.8, 4) is 0 Å². The van der Waals surface area contributed by atoms with Crippen LogP contribution in [0, 0.1) is 5.92 Å². The lowest BCUT2D eigenvalue weighted by molar-refractivity contribution is -0.147. The van der Waals surface area contributed by atoms with Gasteiger partial charge in [0.15, 0.2) is 0 Å². The summed E-state index contributed by atoms with van der Waals surface area (Å²) in [4.78, 5) is 13.7. The maximum absolute atomic E-state index is 11.4. The van der Waals surface area contributed by atoms with Gasteiger partial charge in [0.1, 0.15) is 6.26 Å². The van der Waals surface area contributed by atoms with Crippen molar-refractivity contribution >= 4 is 5.97 Å². The van der Waals surface area contributed by atoms with Crippen molar-refractivity contribution in [1.29, 1.82) is 0 Å². The third-order valence-corrected chi connectivity index (χ3v) is 2.93. The van der Waals surface area contributed by atoms with Crippen LogP contribution in [0.2, 0.25) is 0 Å². The molecule has 0 saturated carbocycles. The molecule has 1 unspecified atom stereocenters. The number of ether oxygens (including phenoxy) is 1. The van der Waals surface area contributed by atoms with Crippen LogP contribution < -0.4 is 0 Å². The molecule has 1 saturated heterocycles. The molecule has 5 heteroatoms. The average Bonchev–Trinajstić information content (AvgIpc) is 2.81. The second-order valence-corrected chi connectivity index (χ2v) is 4.13. The fourth-order valence-corrected chi connectivity index (χ4v) is 2.12. The minimum Gasteiger partial charge on any atom is -0.469 e. The molecule has 1 atom stereocenters. The second kappa shape index (κ2) is 5.12. The summed E-state index contributed by atoms with van der Waals surface area (Å²) in [6, 6.07) is 0. The molecule has 0 N–H and O–H groups in total. The highest BCUT2D eigenvalue weighted by Gasteiger charge is 2.26. The van der Waals surface area contributed by atoms with E-state index in [4.69, 9.17) is 9.26 Å². The molecule has 0 amide bonds. The Bertz CT molecular complexity index is 337. The maximum Gasteiger partial charge on any atom is 0.309 e. The van der Waals surface area contributed by atoms with Crippen molar-refractivity contribution in [2.45, 2.75) is 19.4 Å². The summed E-state index contributed by atoms with van der Waals surface area (Å²) in [6.45, 7) is 2.56. The van der Waals surface area contributed by atoms with Crippen LogP contribution >= 0.6 is 0 Å². The van der Waals surface area contributed by atoms with Crippen LogP contribution in [0.1, 0.15) is 18.4 Å². The molecule has 0 aliphatic carbocycles. The summed E-state index contributed by atoms with van der Waals surface area (Å²) in [7, 11) is 1.45. The Morgan fingerprint density at radius 3 is 3.31 bits per heavy atom. The van der Waals surface area contributed by atoms with Crippen molar-refractivity contribution in [2.24, 2.45) is 5.92 Å². The van der Waals surface area contributed by atoms with Gasteiger partial charge in [-0.3, -0.25) is 9.69 Å². The molecule has 2 rings (SSSR count). The monoisotopic (exact) mass is 224 g/mol. The molecule has 0 spiro atoms. The molecule has 1 aromatic rings. The van der Waals surface area contributed by atoms with E-state index in [1.54, 1.807) is 12.5 Å². The number of carbonyl (C=O) groups is 1. The van der Waals surface area contributed by atoms with Crippen molar-refractivity contribution < 1.29 is 14.1 Å². The van der Waals surface area contributed by atoms with Gasteiger partial charge in [0.2, 0.25) is 0 Å². The molecule has 2 heterocycles. The molecule has 0 aromatic carbocycles. The lowest BCUT2D eigenvalue weighted by Gasteiger charge is -2.30. The molecular weight excluding hydrogens is 208 g/mol. The Kier molecular flexibility index (Phi) is 3.56. The van der Waals surface area contributed by atoms with Crippen LogP contribution in [0.5, 0.6) is 0 Å². The van der Waals surface area contributed by atoms with E-state index < -0.39 is 0 Å². The Balaban J connectivity index is 1.89. The lowest BCUT2D eigenvalue weighted by atomic mass is 9.98. The second-order valence-electron chi connectivity index (χ2n) is 4.13. The summed E-state index contributed by atoms with van der Waals surface area (Å²) in [5.41, 5.74) is 1.05. The number of hydrogen-bond acceptors (Lipinski definition) is 5. The van der Waals surface area contributed by atoms with Gasteiger partial charge in [-0.15, -0.1) is 0 Å². The van der Waals surface area contributed by atoms with Crippen molar-refractivity contribution in [3.63, 3.8) is 0 Å². The lowest BCUT2D eigenvalue weighted by Crippen LogP contribution is -2.38. The quantitative estimate of drug-likeness (QED) is 0.718. The van der Waals surface area contributed by atoms with Crippen LogP contribution in [-0.2, 0) is 16.1 Å². The molecule has 5 nitrogen and oxygen atoms in total. The van der Waals surface area contributed by atoms with Gasteiger partial charge in [-0.25, -0.2) is 0 Å². The van der Waals surface area contributed by atoms with Crippen molar-refractivity contribution in [1.82, 2.24) is 10.1 Å². The summed E-state index contributed by atoms with van der Waals surface area (Å²) >= 11 is 0. The Morgan fingerprint density at radius 1 is 1.75 bits per heavy atom. The first kappa shape index (κ1) is 11.1. The van der Waals surface area contributed by atoms with Gasteiger partial charge in [0.05, 0.1) is 19.2 Å². The van der Waals surface area contributed by atoms with Gasteiger partial charge in [-0.05, 0) is 19.4 Å². The normalized spacial score (nSPS) is 21.9. The molecular formula is C11H16N2O3. The molecule has 0 radical (unpaired) electrons. The van der Waals surface area contributed by atoms with Crippen LogP contribution in [0.25, 0.3) is 0 Å². The van der Waals surface area contributed by atoms with E-state index in [0.29, 0.717) is 0 Å². The number of esters is 1. The van der Waals surface area contributed by atoms with E-state index in [9.17, 15) is 4.79 Å². The minimum absolute atomic E-state index is 0.0126. The molecule has 16 heavy (non-hydrogen) atoms. The van der Waals surface area contributed by atoms with E-state index in [1.807, 2.05) is 0 Å². The highest BCUT2D eigenvalue weighted by atomic mass is 16.5. The summed E-state index contributed by atoms with van der Waals surface area (Å²) in [5.74, 6) is -0.0892. The predicted molar refractivity (Wildman–Crippen MR) is 56.5 cm³/mol. The van der Waals surface area contributed by atoms with Crippen molar-refractivity contribution in [3.05, 3.63) is 18.0 Å². The third kappa shape index (κ3) is 2.61. The molecule has 1 aliphatic heterocycles. The SMILES string of the molecule is COC(=O)C1CCCN(Cc2cnoc2)C1. The fraction of sp³-hybridized carbons (Fsp3) is 0.636. The molecule has 0 bridgehead atoms. The number of aromatic nitrogens is 1. The maximum atomic E-state index is 11.4. The number of methoxy groups -OCH3 is 1. The van der Waals surface area contributed by atoms with Gasteiger partial charge in [-0.1, -0.05) is 5.16 Å². The first-order valence-electron chi connectivity index (χ1n) is 5.48. The highest BCUT2D eigenvalue weighted by Crippen LogP contribution is 2.19. The van der Waals surface area contributed by atoms with E-state index in [1.165, 1.54) is 7.11 Å². The topological polar surface area (TPSA) is 55.6 Å². The average molecular weight is 224 g/mol. The zero-order valence-electron chi connectivity index (χ0n) is 9.39. The molecule has 1 fully saturated rings. The number of hydrogen-bond donors (Lipinski definition) is 0. The molecule has 88 valence electrons. The summed E-state index contributed by atoms with van der Waals surface area (Å²) in [6.07, 6.45) is 5.31. The van der Waals surface area contributed by atoms with Crippen LogP contribution in [0.4, 0.5) is 0 Å². The molecule has 1 aromatic heterocycles. The van der Waals surface area contributed by atoms with E-state index in [2.05, 4.69) is 10.1 Å². The van der Waals surface area contributed by atoms with Gasteiger partial charge in [-0.2, -0.15) is 0 Å². The standard InChI is InChI=1S/C11H16N2O3/c1-15-11(14)10-3-2-4-13(7-10)6-9-5-12-16-8-9/h5,8,10H,2-4,6-7H2,1H3.